The Bertz CT molecular complexity index is 1070. The number of nitriles is 1. The van der Waals surface area contributed by atoms with E-state index in [0.717, 1.165) is 0 Å². The minimum Gasteiger partial charge on any atom is -0.493 e. The monoisotopic (exact) mass is 374 g/mol. The van der Waals surface area contributed by atoms with Gasteiger partial charge in [-0.15, -0.1) is 0 Å². The molecule has 0 spiro atoms. The van der Waals surface area contributed by atoms with Crippen molar-refractivity contribution >= 4 is 17.3 Å². The van der Waals surface area contributed by atoms with Gasteiger partial charge in [-0.05, 0) is 18.1 Å². The topological polar surface area (TPSA) is 101 Å². The lowest BCUT2D eigenvalue weighted by Crippen LogP contribution is -2.34. The molecule has 0 fully saturated rings. The third-order valence-corrected chi connectivity index (χ3v) is 4.46. The van der Waals surface area contributed by atoms with Crippen molar-refractivity contribution in [1.82, 2.24) is 0 Å². The fraction of sp³-hybridized carbons (Fsp3) is 0.190. The maximum absolute atomic E-state index is 12.9. The van der Waals surface area contributed by atoms with Gasteiger partial charge >= 0.3 is 0 Å². The van der Waals surface area contributed by atoms with Gasteiger partial charge in [0.2, 0.25) is 0 Å². The summed E-state index contributed by atoms with van der Waals surface area (Å²) in [7, 11) is 4.68. The number of anilines is 1. The van der Waals surface area contributed by atoms with Crippen LogP contribution in [0.3, 0.4) is 0 Å². The summed E-state index contributed by atoms with van der Waals surface area (Å²) in [6.07, 6.45) is 0. The number of nitrogens with two attached hydrogens (primary N) is 1. The van der Waals surface area contributed by atoms with Crippen molar-refractivity contribution in [3.05, 3.63) is 53.1 Å². The molecule has 0 aromatic heterocycles. The number of carbonyl (C=O) groups excluding carboxylic acids is 1. The van der Waals surface area contributed by atoms with E-state index in [-0.39, 0.29) is 5.91 Å². The van der Waals surface area contributed by atoms with Crippen LogP contribution in [0.25, 0.3) is 0 Å². The average molecular weight is 374 g/mol. The van der Waals surface area contributed by atoms with Crippen molar-refractivity contribution in [2.45, 2.75) is 6.04 Å². The van der Waals surface area contributed by atoms with Crippen molar-refractivity contribution in [3.8, 4) is 29.5 Å². The number of aliphatic imine (C=N–C) groups is 1. The number of likely N-dealkylation sites (N-methyl/N-ethyl adjacent to an activating group) is 1. The molecule has 140 valence electrons. The molecule has 3 rings (SSSR count). The van der Waals surface area contributed by atoms with Gasteiger partial charge in [0.05, 0.1) is 37.3 Å². The summed E-state index contributed by atoms with van der Waals surface area (Å²) in [6, 6.07) is 13.9. The minimum atomic E-state index is -0.999. The van der Waals surface area contributed by atoms with E-state index in [9.17, 15) is 10.1 Å². The number of amides is 1. The van der Waals surface area contributed by atoms with E-state index >= 15 is 0 Å². The molecule has 1 heterocycles. The van der Waals surface area contributed by atoms with Crippen molar-refractivity contribution in [3.63, 3.8) is 0 Å². The average Bonchev–Trinajstić information content (AvgIpc) is 2.83. The first-order valence-corrected chi connectivity index (χ1v) is 8.38. The van der Waals surface area contributed by atoms with Crippen molar-refractivity contribution in [2.24, 2.45) is 10.7 Å². The van der Waals surface area contributed by atoms with E-state index in [1.165, 1.54) is 19.1 Å². The fourth-order valence-electron chi connectivity index (χ4n) is 3.07. The summed E-state index contributed by atoms with van der Waals surface area (Å²) in [4.78, 5) is 18.9. The van der Waals surface area contributed by atoms with Gasteiger partial charge in [0, 0.05) is 30.3 Å². The van der Waals surface area contributed by atoms with E-state index in [0.29, 0.717) is 39.6 Å². The molecule has 7 heteroatoms. The molecule has 1 amide bonds. The highest BCUT2D eigenvalue weighted by molar-refractivity contribution is 6.21. The van der Waals surface area contributed by atoms with Crippen molar-refractivity contribution in [1.29, 1.82) is 5.26 Å². The normalized spacial score (nSPS) is 15.4. The molecule has 1 unspecified atom stereocenters. The smallest absolute Gasteiger partial charge is 0.264 e. The fourth-order valence-corrected chi connectivity index (χ4v) is 3.07. The SMILES string of the molecule is COc1cc2c(cc1OC)N(C)C(=O)C(C#CN)N=C2c1ccccc1C#N. The number of hydrogen-bond donors (Lipinski definition) is 1. The summed E-state index contributed by atoms with van der Waals surface area (Å²) in [5, 5.41) is 9.55. The molecule has 1 aliphatic rings. The van der Waals surface area contributed by atoms with E-state index < -0.39 is 6.04 Å². The van der Waals surface area contributed by atoms with Gasteiger partial charge in [-0.1, -0.05) is 18.2 Å². The lowest BCUT2D eigenvalue weighted by molar-refractivity contribution is -0.118. The molecular weight excluding hydrogens is 356 g/mol. The number of nitrogens with zero attached hydrogens (tertiary/aromatic N) is 3. The molecule has 0 aliphatic carbocycles. The van der Waals surface area contributed by atoms with Crippen LogP contribution in [0.2, 0.25) is 0 Å². The second kappa shape index (κ2) is 7.73. The Hall–Kier alpha value is -3.97. The molecule has 28 heavy (non-hydrogen) atoms. The Kier molecular flexibility index (Phi) is 5.19. The maximum atomic E-state index is 12.9. The Morgan fingerprint density at radius 3 is 2.46 bits per heavy atom. The Morgan fingerprint density at radius 1 is 1.14 bits per heavy atom. The van der Waals surface area contributed by atoms with E-state index in [1.54, 1.807) is 43.4 Å². The Morgan fingerprint density at radius 2 is 1.82 bits per heavy atom. The van der Waals surface area contributed by atoms with Gasteiger partial charge < -0.3 is 20.1 Å². The highest BCUT2D eigenvalue weighted by Gasteiger charge is 2.31. The summed E-state index contributed by atoms with van der Waals surface area (Å²) in [5.74, 6) is 3.25. The van der Waals surface area contributed by atoms with Crippen molar-refractivity contribution in [2.75, 3.05) is 26.2 Å². The van der Waals surface area contributed by atoms with Crippen LogP contribution in [0, 0.1) is 23.3 Å². The van der Waals surface area contributed by atoms with Gasteiger partial charge in [-0.3, -0.25) is 9.79 Å². The predicted octanol–water partition coefficient (Wildman–Crippen LogP) is 1.68. The zero-order valence-electron chi connectivity index (χ0n) is 15.7. The number of hydrogen-bond acceptors (Lipinski definition) is 6. The largest absolute Gasteiger partial charge is 0.493 e. The number of fused-ring (bicyclic) bond motifs is 1. The molecule has 2 aromatic rings. The van der Waals surface area contributed by atoms with Gasteiger partial charge in [0.25, 0.3) is 5.91 Å². The summed E-state index contributed by atoms with van der Waals surface area (Å²) >= 11 is 0. The van der Waals surface area contributed by atoms with Crippen LogP contribution in [0.4, 0.5) is 5.69 Å². The Balaban J connectivity index is 2.39. The van der Waals surface area contributed by atoms with Crippen LogP contribution in [0.15, 0.2) is 41.4 Å². The van der Waals surface area contributed by atoms with Gasteiger partial charge in [-0.2, -0.15) is 5.26 Å². The third kappa shape index (κ3) is 3.10. The van der Waals surface area contributed by atoms with Crippen LogP contribution in [-0.4, -0.2) is 38.9 Å². The lowest BCUT2D eigenvalue weighted by Gasteiger charge is -2.21. The molecule has 2 aromatic carbocycles. The lowest BCUT2D eigenvalue weighted by atomic mass is 9.96. The van der Waals surface area contributed by atoms with E-state index in [1.807, 2.05) is 0 Å². The number of benzodiazepines with no additional fused rings is 1. The second-order valence-electron chi connectivity index (χ2n) is 5.95. The summed E-state index contributed by atoms with van der Waals surface area (Å²) < 4.78 is 10.8. The molecule has 1 aliphatic heterocycles. The van der Waals surface area contributed by atoms with Crippen LogP contribution in [0.5, 0.6) is 11.5 Å². The maximum Gasteiger partial charge on any atom is 0.264 e. The molecule has 2 N–H and O–H groups in total. The van der Waals surface area contributed by atoms with E-state index in [2.05, 4.69) is 23.0 Å². The molecular formula is C21H18N4O3. The molecule has 0 radical (unpaired) electrons. The molecule has 0 saturated carbocycles. The van der Waals surface area contributed by atoms with Gasteiger partial charge in [0.1, 0.15) is 0 Å². The zero-order chi connectivity index (χ0) is 20.3. The molecule has 0 saturated heterocycles. The summed E-state index contributed by atoms with van der Waals surface area (Å²) in [5.41, 5.74) is 8.02. The number of ether oxygens (including phenoxy) is 2. The number of benzene rings is 2. The number of methoxy groups -OCH3 is 2. The van der Waals surface area contributed by atoms with E-state index in [4.69, 9.17) is 15.2 Å². The first-order valence-electron chi connectivity index (χ1n) is 8.38. The Labute approximate surface area is 163 Å². The molecule has 7 nitrogen and oxygen atoms in total. The quantitative estimate of drug-likeness (QED) is 0.651. The van der Waals surface area contributed by atoms with Crippen LogP contribution < -0.4 is 20.1 Å². The highest BCUT2D eigenvalue weighted by atomic mass is 16.5. The minimum absolute atomic E-state index is 0.337. The second-order valence-corrected chi connectivity index (χ2v) is 5.95. The van der Waals surface area contributed by atoms with Gasteiger partial charge in [0.15, 0.2) is 17.5 Å². The molecule has 0 bridgehead atoms. The van der Waals surface area contributed by atoms with Gasteiger partial charge in [-0.25, -0.2) is 0 Å². The number of carbonyl (C=O) groups is 1. The predicted molar refractivity (Wildman–Crippen MR) is 106 cm³/mol. The first kappa shape index (κ1) is 18.8. The number of rotatable bonds is 3. The summed E-state index contributed by atoms with van der Waals surface area (Å²) in [6.45, 7) is 0. The van der Waals surface area contributed by atoms with Crippen LogP contribution in [0.1, 0.15) is 16.7 Å². The van der Waals surface area contributed by atoms with Crippen LogP contribution in [-0.2, 0) is 4.79 Å². The standard InChI is InChI=1S/C21H18N4O3/c1-25-17-11-19(28-3)18(27-2)10-15(17)20(24-16(8-9-22)21(25)26)14-7-5-4-6-13(14)12-23/h4-7,10-11,16H,22H2,1-3H3. The zero-order valence-corrected chi connectivity index (χ0v) is 15.7. The molecule has 1 atom stereocenters. The van der Waals surface area contributed by atoms with Crippen LogP contribution >= 0.6 is 0 Å². The third-order valence-electron chi connectivity index (χ3n) is 4.46. The van der Waals surface area contributed by atoms with Crippen molar-refractivity contribution < 1.29 is 14.3 Å². The highest BCUT2D eigenvalue weighted by Crippen LogP contribution is 2.38. The first-order chi connectivity index (χ1) is 13.5.